The zero-order valence-corrected chi connectivity index (χ0v) is 14.9. The molecule has 1 saturated heterocycles. The highest BCUT2D eigenvalue weighted by Crippen LogP contribution is 2.28. The number of ether oxygens (including phenoxy) is 2. The Bertz CT molecular complexity index is 462. The van der Waals surface area contributed by atoms with Gasteiger partial charge in [-0.05, 0) is 6.42 Å². The van der Waals surface area contributed by atoms with Crippen molar-refractivity contribution < 1.29 is 40.1 Å². The fourth-order valence-corrected chi connectivity index (χ4v) is 3.38. The van der Waals surface area contributed by atoms with Crippen LogP contribution in [-0.4, -0.2) is 117 Å². The lowest BCUT2D eigenvalue weighted by Crippen LogP contribution is -2.67. The van der Waals surface area contributed by atoms with Crippen LogP contribution in [0.25, 0.3) is 0 Å². The lowest BCUT2D eigenvalue weighted by atomic mass is 9.84. The molecule has 1 saturated carbocycles. The van der Waals surface area contributed by atoms with Crippen molar-refractivity contribution in [3.05, 3.63) is 0 Å². The number of nitrogens with two attached hydrogens (primary N) is 3. The van der Waals surface area contributed by atoms with E-state index < -0.39 is 73.8 Å². The molecule has 13 N–H and O–H groups in total. The van der Waals surface area contributed by atoms with Crippen molar-refractivity contribution in [2.45, 2.75) is 73.6 Å². The van der Waals surface area contributed by atoms with E-state index in [1.807, 2.05) is 0 Å². The SMILES string of the molecule is NCC(O)CN[C@@H]1C[C@H](N)C(O)[C@H](O)[C@H]1O[C@H]1O[C@H](CO)[C@@H](O)[C@H](N)[C@H]1O. The molecule has 1 aliphatic heterocycles. The van der Waals surface area contributed by atoms with Crippen molar-refractivity contribution >= 4 is 0 Å². The van der Waals surface area contributed by atoms with Crippen molar-refractivity contribution in [2.75, 3.05) is 19.7 Å². The Kier molecular flexibility index (Phi) is 8.30. The molecular weight excluding hydrogens is 364 g/mol. The summed E-state index contributed by atoms with van der Waals surface area (Å²) in [5, 5.41) is 62.6. The molecule has 0 aromatic heterocycles. The van der Waals surface area contributed by atoms with Gasteiger partial charge >= 0.3 is 0 Å². The second-order valence-electron chi connectivity index (χ2n) is 7.17. The minimum absolute atomic E-state index is 0.0256. The Morgan fingerprint density at radius 3 is 2.33 bits per heavy atom. The van der Waals surface area contributed by atoms with Crippen LogP contribution >= 0.6 is 0 Å². The maximum absolute atomic E-state index is 10.4. The quantitative estimate of drug-likeness (QED) is 0.194. The van der Waals surface area contributed by atoms with E-state index in [9.17, 15) is 30.6 Å². The molecule has 0 spiro atoms. The first-order chi connectivity index (χ1) is 12.7. The molecule has 1 aliphatic carbocycles. The fourth-order valence-electron chi connectivity index (χ4n) is 3.38. The second-order valence-corrected chi connectivity index (χ2v) is 7.17. The summed E-state index contributed by atoms with van der Waals surface area (Å²) in [5.41, 5.74) is 17.0. The standard InChI is InChI=1S/C15H32N4O8/c16-2-5(21)3-19-7-1-6(17)10(22)13(25)14(7)27-15-12(24)9(18)11(23)8(4-20)26-15/h5-15,19-25H,1-4,16-18H2/t5?,6-,7+,8+,9-,10?,11+,12+,13-,14-,15+/m0/s1. The predicted octanol–water partition coefficient (Wildman–Crippen LogP) is -6.13. The van der Waals surface area contributed by atoms with Crippen LogP contribution in [-0.2, 0) is 9.47 Å². The maximum Gasteiger partial charge on any atom is 0.186 e. The first kappa shape index (κ1) is 22.8. The van der Waals surface area contributed by atoms with Crippen molar-refractivity contribution in [3.8, 4) is 0 Å². The van der Waals surface area contributed by atoms with Gasteiger partial charge < -0.3 is 62.6 Å². The third-order valence-electron chi connectivity index (χ3n) is 5.16. The van der Waals surface area contributed by atoms with Crippen molar-refractivity contribution in [1.29, 1.82) is 0 Å². The minimum atomic E-state index is -1.43. The number of hydrogen-bond acceptors (Lipinski definition) is 12. The third-order valence-corrected chi connectivity index (χ3v) is 5.16. The molecule has 0 radical (unpaired) electrons. The summed E-state index contributed by atoms with van der Waals surface area (Å²) < 4.78 is 11.1. The molecule has 0 aromatic rings. The van der Waals surface area contributed by atoms with Crippen LogP contribution in [0, 0.1) is 0 Å². The molecule has 0 amide bonds. The van der Waals surface area contributed by atoms with Gasteiger partial charge in [0.1, 0.15) is 30.5 Å². The zero-order valence-electron chi connectivity index (χ0n) is 14.9. The molecule has 2 fully saturated rings. The molecule has 12 heteroatoms. The summed E-state index contributed by atoms with van der Waals surface area (Å²) in [5.74, 6) is 0. The van der Waals surface area contributed by atoms with Gasteiger partial charge in [0.05, 0.1) is 24.9 Å². The highest BCUT2D eigenvalue weighted by molar-refractivity contribution is 5.00. The van der Waals surface area contributed by atoms with E-state index in [0.717, 1.165) is 0 Å². The molecular formula is C15H32N4O8. The monoisotopic (exact) mass is 396 g/mol. The predicted molar refractivity (Wildman–Crippen MR) is 92.1 cm³/mol. The van der Waals surface area contributed by atoms with Crippen LogP contribution in [0.15, 0.2) is 0 Å². The van der Waals surface area contributed by atoms with Gasteiger partial charge in [0.25, 0.3) is 0 Å². The molecule has 0 aromatic carbocycles. The van der Waals surface area contributed by atoms with Crippen molar-refractivity contribution in [2.24, 2.45) is 17.2 Å². The summed E-state index contributed by atoms with van der Waals surface area (Å²) in [6.45, 7) is -0.424. The van der Waals surface area contributed by atoms with Crippen LogP contribution in [0.3, 0.4) is 0 Å². The van der Waals surface area contributed by atoms with Gasteiger partial charge in [-0.15, -0.1) is 0 Å². The average Bonchev–Trinajstić information content (AvgIpc) is 2.66. The molecule has 1 heterocycles. The fraction of sp³-hybridized carbons (Fsp3) is 1.00. The highest BCUT2D eigenvalue weighted by atomic mass is 16.7. The number of aliphatic hydroxyl groups is 6. The van der Waals surface area contributed by atoms with Crippen LogP contribution < -0.4 is 22.5 Å². The van der Waals surface area contributed by atoms with Crippen LogP contribution in [0.4, 0.5) is 0 Å². The smallest absolute Gasteiger partial charge is 0.186 e. The number of rotatable bonds is 7. The summed E-state index contributed by atoms with van der Waals surface area (Å²) in [7, 11) is 0. The van der Waals surface area contributed by atoms with Gasteiger partial charge in [0.15, 0.2) is 6.29 Å². The zero-order chi connectivity index (χ0) is 20.3. The van der Waals surface area contributed by atoms with E-state index >= 15 is 0 Å². The van der Waals surface area contributed by atoms with E-state index in [1.54, 1.807) is 0 Å². The van der Waals surface area contributed by atoms with Crippen molar-refractivity contribution in [1.82, 2.24) is 5.32 Å². The van der Waals surface area contributed by atoms with Crippen molar-refractivity contribution in [3.63, 3.8) is 0 Å². The molecule has 27 heavy (non-hydrogen) atoms. The van der Waals surface area contributed by atoms with Gasteiger partial charge in [0.2, 0.25) is 0 Å². The average molecular weight is 396 g/mol. The summed E-state index contributed by atoms with van der Waals surface area (Å²) in [6, 6.07) is -2.47. The molecule has 2 rings (SSSR count). The van der Waals surface area contributed by atoms with E-state index in [2.05, 4.69) is 5.32 Å². The molecule has 11 atom stereocenters. The normalized spacial score (nSPS) is 47.0. The Morgan fingerprint density at radius 2 is 1.74 bits per heavy atom. The van der Waals surface area contributed by atoms with Gasteiger partial charge in [-0.2, -0.15) is 0 Å². The van der Waals surface area contributed by atoms with Gasteiger partial charge in [-0.3, -0.25) is 0 Å². The van der Waals surface area contributed by atoms with Gasteiger partial charge in [-0.1, -0.05) is 0 Å². The Morgan fingerprint density at radius 1 is 1.07 bits per heavy atom. The number of aliphatic hydroxyl groups excluding tert-OH is 6. The Labute approximate surface area is 156 Å². The summed E-state index contributed by atoms with van der Waals surface area (Å²) >= 11 is 0. The van der Waals surface area contributed by atoms with E-state index in [1.165, 1.54) is 0 Å². The lowest BCUT2D eigenvalue weighted by Gasteiger charge is -2.46. The second kappa shape index (κ2) is 9.82. The lowest BCUT2D eigenvalue weighted by molar-refractivity contribution is -0.305. The maximum atomic E-state index is 10.4. The van der Waals surface area contributed by atoms with Crippen LogP contribution in [0.5, 0.6) is 0 Å². The number of nitrogens with one attached hydrogen (secondary N) is 1. The van der Waals surface area contributed by atoms with Crippen LogP contribution in [0.1, 0.15) is 6.42 Å². The summed E-state index contributed by atoms with van der Waals surface area (Å²) in [4.78, 5) is 0. The molecule has 160 valence electrons. The minimum Gasteiger partial charge on any atom is -0.394 e. The Hall–Kier alpha value is -0.480. The van der Waals surface area contributed by atoms with Gasteiger partial charge in [-0.25, -0.2) is 0 Å². The first-order valence-electron chi connectivity index (χ1n) is 8.98. The van der Waals surface area contributed by atoms with Crippen LogP contribution in [0.2, 0.25) is 0 Å². The van der Waals surface area contributed by atoms with E-state index in [-0.39, 0.29) is 19.5 Å². The molecule has 2 unspecified atom stereocenters. The van der Waals surface area contributed by atoms with E-state index in [0.29, 0.717) is 0 Å². The Balaban J connectivity index is 2.12. The largest absolute Gasteiger partial charge is 0.394 e. The molecule has 0 bridgehead atoms. The highest BCUT2D eigenvalue weighted by Gasteiger charge is 2.48. The summed E-state index contributed by atoms with van der Waals surface area (Å²) in [6.07, 6.45) is -9.53. The number of hydrogen-bond donors (Lipinski definition) is 10. The first-order valence-corrected chi connectivity index (χ1v) is 8.98. The molecule has 12 nitrogen and oxygen atoms in total. The third kappa shape index (κ3) is 5.12. The van der Waals surface area contributed by atoms with E-state index in [4.69, 9.17) is 26.7 Å². The topological polar surface area (TPSA) is 230 Å². The molecule has 2 aliphatic rings. The van der Waals surface area contributed by atoms with Gasteiger partial charge in [0, 0.05) is 25.2 Å².